The minimum Gasteiger partial charge on any atom is -0.370 e. The number of carbonyl (C=O) groups excluding carboxylic acids is 1. The fourth-order valence-electron chi connectivity index (χ4n) is 4.68. The minimum absolute atomic E-state index is 0.0510. The van der Waals surface area contributed by atoms with Crippen molar-refractivity contribution in [1.29, 1.82) is 0 Å². The zero-order valence-corrected chi connectivity index (χ0v) is 18.7. The highest BCUT2D eigenvalue weighted by atomic mass is 32.2. The maximum absolute atomic E-state index is 13.6. The number of rotatable bonds is 8. The van der Waals surface area contributed by atoms with E-state index in [-0.39, 0.29) is 23.4 Å². The molecule has 1 unspecified atom stereocenters. The third-order valence-corrected chi connectivity index (χ3v) is 6.64. The van der Waals surface area contributed by atoms with Crippen LogP contribution in [-0.2, 0) is 20.5 Å². The number of hydrogen-bond donors (Lipinski definition) is 1. The van der Waals surface area contributed by atoms with Crippen LogP contribution >= 0.6 is 0 Å². The van der Waals surface area contributed by atoms with Crippen LogP contribution in [-0.4, -0.2) is 14.2 Å². The van der Waals surface area contributed by atoms with Crippen LogP contribution in [0.3, 0.4) is 0 Å². The molecule has 0 radical (unpaired) electrons. The predicted octanol–water partition coefficient (Wildman–Crippen LogP) is 4.97. The van der Waals surface area contributed by atoms with E-state index in [1.807, 2.05) is 69.3 Å². The van der Waals surface area contributed by atoms with E-state index >= 15 is 0 Å². The Balaban J connectivity index is 1.94. The zero-order chi connectivity index (χ0) is 21.9. The highest BCUT2D eigenvalue weighted by Crippen LogP contribution is 2.45. The molecule has 6 heteroatoms. The lowest BCUT2D eigenvalue weighted by Crippen LogP contribution is -2.33. The first-order chi connectivity index (χ1) is 14.1. The van der Waals surface area contributed by atoms with E-state index in [0.717, 1.165) is 36.8 Å². The molecule has 3 rings (SSSR count). The normalized spacial score (nSPS) is 17.1. The first-order valence-corrected chi connectivity index (χ1v) is 12.0. The molecule has 1 aliphatic rings. The van der Waals surface area contributed by atoms with Crippen LogP contribution in [0.1, 0.15) is 81.4 Å². The fraction of sp³-hybridized carbons (Fsp3) is 0.458. The van der Waals surface area contributed by atoms with Crippen LogP contribution in [0.25, 0.3) is 0 Å². The van der Waals surface area contributed by atoms with Gasteiger partial charge in [0.05, 0.1) is 5.41 Å². The van der Waals surface area contributed by atoms with E-state index in [0.29, 0.717) is 12.0 Å². The Labute approximate surface area is 179 Å². The van der Waals surface area contributed by atoms with Crippen molar-refractivity contribution in [3.05, 3.63) is 65.2 Å². The van der Waals surface area contributed by atoms with Crippen molar-refractivity contribution < 1.29 is 17.4 Å². The predicted molar refractivity (Wildman–Crippen MR) is 119 cm³/mol. The van der Waals surface area contributed by atoms with E-state index in [2.05, 4.69) is 0 Å². The summed E-state index contributed by atoms with van der Waals surface area (Å²) in [6.07, 6.45) is 4.11. The average Bonchev–Trinajstić information content (AvgIpc) is 3.18. The standard InChI is InChI=1S/C24H31NO4S/c1-17(2)20-12-9-13-21(23(20)29-30(25,27)28)18(3)16-22(26)24(14-7-8-15-24)19-10-5-4-6-11-19/h4-6,9-13,17-18H,7-8,14-16H2,1-3H3,(H2,25,27,28). The molecule has 2 aromatic rings. The summed E-state index contributed by atoms with van der Waals surface area (Å²) in [4.78, 5) is 13.6. The Morgan fingerprint density at radius 1 is 1.00 bits per heavy atom. The van der Waals surface area contributed by atoms with E-state index in [9.17, 15) is 13.2 Å². The molecule has 0 aromatic heterocycles. The number of ketones is 1. The number of hydrogen-bond acceptors (Lipinski definition) is 4. The molecule has 162 valence electrons. The fourth-order valence-corrected chi connectivity index (χ4v) is 5.10. The number of carbonyl (C=O) groups is 1. The van der Waals surface area contributed by atoms with Crippen molar-refractivity contribution in [1.82, 2.24) is 0 Å². The molecule has 0 amide bonds. The minimum atomic E-state index is -4.17. The number of nitrogens with two attached hydrogens (primary N) is 1. The van der Waals surface area contributed by atoms with Crippen LogP contribution in [0.15, 0.2) is 48.5 Å². The van der Waals surface area contributed by atoms with Gasteiger partial charge in [0.2, 0.25) is 0 Å². The van der Waals surface area contributed by atoms with Gasteiger partial charge in [0, 0.05) is 6.42 Å². The van der Waals surface area contributed by atoms with Crippen LogP contribution in [0.5, 0.6) is 5.75 Å². The van der Waals surface area contributed by atoms with Crippen molar-refractivity contribution >= 4 is 16.1 Å². The van der Waals surface area contributed by atoms with Gasteiger partial charge >= 0.3 is 10.3 Å². The quantitative estimate of drug-likeness (QED) is 0.642. The lowest BCUT2D eigenvalue weighted by Gasteiger charge is -2.30. The molecule has 0 aliphatic heterocycles. The van der Waals surface area contributed by atoms with E-state index in [4.69, 9.17) is 9.32 Å². The molecule has 0 heterocycles. The largest absolute Gasteiger partial charge is 0.380 e. The second-order valence-corrected chi connectivity index (χ2v) is 9.83. The molecular formula is C24H31NO4S. The SMILES string of the molecule is CC(C)c1cccc(C(C)CC(=O)C2(c3ccccc3)CCCC2)c1OS(N)(=O)=O. The van der Waals surface area contributed by atoms with Gasteiger partial charge in [0.1, 0.15) is 5.78 Å². The summed E-state index contributed by atoms with van der Waals surface area (Å²) >= 11 is 0. The lowest BCUT2D eigenvalue weighted by atomic mass is 9.72. The van der Waals surface area contributed by atoms with Gasteiger partial charge < -0.3 is 4.18 Å². The maximum atomic E-state index is 13.6. The molecule has 2 aromatic carbocycles. The number of Topliss-reactive ketones (excluding diaryl/α,β-unsaturated/α-hetero) is 1. The number of para-hydroxylation sites is 1. The molecule has 1 atom stereocenters. The highest BCUT2D eigenvalue weighted by molar-refractivity contribution is 7.84. The highest BCUT2D eigenvalue weighted by Gasteiger charge is 2.42. The summed E-state index contributed by atoms with van der Waals surface area (Å²) in [5.41, 5.74) is 2.09. The van der Waals surface area contributed by atoms with Gasteiger partial charge in [-0.1, -0.05) is 82.1 Å². The summed E-state index contributed by atoms with van der Waals surface area (Å²) in [5.74, 6) is 0.315. The first-order valence-electron chi connectivity index (χ1n) is 10.6. The Kier molecular flexibility index (Phi) is 6.68. The van der Waals surface area contributed by atoms with Crippen LogP contribution in [0, 0.1) is 0 Å². The Bertz CT molecular complexity index is 993. The van der Waals surface area contributed by atoms with E-state index < -0.39 is 15.7 Å². The molecule has 1 saturated carbocycles. The van der Waals surface area contributed by atoms with Gasteiger partial charge in [-0.25, -0.2) is 0 Å². The number of benzene rings is 2. The molecular weight excluding hydrogens is 398 g/mol. The first kappa shape index (κ1) is 22.5. The van der Waals surface area contributed by atoms with Gasteiger partial charge in [-0.05, 0) is 41.4 Å². The summed E-state index contributed by atoms with van der Waals surface area (Å²) in [6.45, 7) is 5.88. The zero-order valence-electron chi connectivity index (χ0n) is 17.9. The molecule has 1 aliphatic carbocycles. The smallest absolute Gasteiger partial charge is 0.370 e. The van der Waals surface area contributed by atoms with Crippen molar-refractivity contribution in [3.63, 3.8) is 0 Å². The van der Waals surface area contributed by atoms with Crippen LogP contribution < -0.4 is 9.32 Å². The van der Waals surface area contributed by atoms with Crippen molar-refractivity contribution in [2.24, 2.45) is 5.14 Å². The second-order valence-electron chi connectivity index (χ2n) is 8.68. The van der Waals surface area contributed by atoms with E-state index in [1.165, 1.54) is 0 Å². The van der Waals surface area contributed by atoms with E-state index in [1.54, 1.807) is 0 Å². The summed E-state index contributed by atoms with van der Waals surface area (Å²) in [5, 5.41) is 5.19. The summed E-state index contributed by atoms with van der Waals surface area (Å²) in [7, 11) is -4.17. The molecule has 0 bridgehead atoms. The maximum Gasteiger partial charge on any atom is 0.380 e. The second kappa shape index (κ2) is 8.90. The molecule has 2 N–H and O–H groups in total. The Hall–Kier alpha value is -2.18. The topological polar surface area (TPSA) is 86.5 Å². The third kappa shape index (κ3) is 4.76. The lowest BCUT2D eigenvalue weighted by molar-refractivity contribution is -0.124. The molecule has 0 saturated heterocycles. The van der Waals surface area contributed by atoms with Crippen LogP contribution in [0.2, 0.25) is 0 Å². The van der Waals surface area contributed by atoms with Gasteiger partial charge in [-0.3, -0.25) is 4.79 Å². The average molecular weight is 430 g/mol. The van der Waals surface area contributed by atoms with Gasteiger partial charge in [-0.15, -0.1) is 0 Å². The van der Waals surface area contributed by atoms with Gasteiger partial charge in [-0.2, -0.15) is 13.6 Å². The van der Waals surface area contributed by atoms with Crippen molar-refractivity contribution in [3.8, 4) is 5.75 Å². The van der Waals surface area contributed by atoms with Crippen LogP contribution in [0.4, 0.5) is 0 Å². The molecule has 0 spiro atoms. The summed E-state index contributed by atoms with van der Waals surface area (Å²) in [6, 6.07) is 15.6. The Morgan fingerprint density at radius 2 is 1.60 bits per heavy atom. The monoisotopic (exact) mass is 429 g/mol. The van der Waals surface area contributed by atoms with Gasteiger partial charge in [0.25, 0.3) is 0 Å². The Morgan fingerprint density at radius 3 is 2.17 bits per heavy atom. The summed E-state index contributed by atoms with van der Waals surface area (Å²) < 4.78 is 28.6. The molecule has 30 heavy (non-hydrogen) atoms. The molecule has 1 fully saturated rings. The van der Waals surface area contributed by atoms with Gasteiger partial charge in [0.15, 0.2) is 5.75 Å². The van der Waals surface area contributed by atoms with Crippen molar-refractivity contribution in [2.75, 3.05) is 0 Å². The third-order valence-electron chi connectivity index (χ3n) is 6.24. The van der Waals surface area contributed by atoms with Crippen molar-refractivity contribution in [2.45, 2.75) is 70.1 Å². The molecule has 5 nitrogen and oxygen atoms in total.